The van der Waals surface area contributed by atoms with Crippen molar-refractivity contribution in [3.63, 3.8) is 0 Å². The summed E-state index contributed by atoms with van der Waals surface area (Å²) in [6, 6.07) is 7.30. The fourth-order valence-electron chi connectivity index (χ4n) is 3.44. The Kier molecular flexibility index (Phi) is 3.68. The number of nitrogens with one attached hydrogen (secondary N) is 1. The fraction of sp³-hybridized carbons (Fsp3) is 0.500. The van der Waals surface area contributed by atoms with Crippen molar-refractivity contribution >= 4 is 11.8 Å². The number of likely N-dealkylation sites (tertiary alicyclic amines) is 1. The van der Waals surface area contributed by atoms with E-state index in [1.54, 1.807) is 12.1 Å². The van der Waals surface area contributed by atoms with E-state index in [2.05, 4.69) is 10.2 Å². The lowest BCUT2D eigenvalue weighted by molar-refractivity contribution is -0.139. The number of carbonyl (C=O) groups excluding carboxylic acids is 2. The van der Waals surface area contributed by atoms with Gasteiger partial charge in [-0.3, -0.25) is 19.8 Å². The van der Waals surface area contributed by atoms with Crippen LogP contribution in [-0.2, 0) is 16.1 Å². The van der Waals surface area contributed by atoms with Crippen molar-refractivity contribution in [2.24, 2.45) is 5.41 Å². The molecular formula is C16H20N2O3. The van der Waals surface area contributed by atoms with Gasteiger partial charge < -0.3 is 5.11 Å². The molecule has 3 rings (SSSR count). The van der Waals surface area contributed by atoms with E-state index >= 15 is 0 Å². The molecule has 0 radical (unpaired) electrons. The van der Waals surface area contributed by atoms with Crippen LogP contribution < -0.4 is 5.32 Å². The predicted octanol–water partition coefficient (Wildman–Crippen LogP) is 1.41. The minimum Gasteiger partial charge on any atom is -0.508 e. The maximum Gasteiger partial charge on any atom is 0.227 e. The summed E-state index contributed by atoms with van der Waals surface area (Å²) in [5.74, 6) is 0.0240. The lowest BCUT2D eigenvalue weighted by Crippen LogP contribution is -2.49. The highest BCUT2D eigenvalue weighted by atomic mass is 16.3. The number of carbonyl (C=O) groups is 2. The van der Waals surface area contributed by atoms with Crippen molar-refractivity contribution in [1.29, 1.82) is 0 Å². The van der Waals surface area contributed by atoms with Gasteiger partial charge in [-0.1, -0.05) is 12.1 Å². The first-order valence-corrected chi connectivity index (χ1v) is 7.38. The number of phenols is 1. The summed E-state index contributed by atoms with van der Waals surface area (Å²) < 4.78 is 0. The quantitative estimate of drug-likeness (QED) is 0.807. The van der Waals surface area contributed by atoms with Crippen LogP contribution in [0.5, 0.6) is 5.75 Å². The summed E-state index contributed by atoms with van der Waals surface area (Å²) in [7, 11) is 0. The van der Waals surface area contributed by atoms with Gasteiger partial charge in [0.1, 0.15) is 5.75 Å². The fourth-order valence-corrected chi connectivity index (χ4v) is 3.44. The third-order valence-electron chi connectivity index (χ3n) is 4.58. The summed E-state index contributed by atoms with van der Waals surface area (Å²) >= 11 is 0. The molecule has 0 saturated carbocycles. The molecule has 2 N–H and O–H groups in total. The summed E-state index contributed by atoms with van der Waals surface area (Å²) in [6.45, 7) is 2.57. The lowest BCUT2D eigenvalue weighted by atomic mass is 9.71. The molecular weight excluding hydrogens is 268 g/mol. The summed E-state index contributed by atoms with van der Waals surface area (Å²) in [4.78, 5) is 25.5. The minimum atomic E-state index is -0.132. The van der Waals surface area contributed by atoms with Crippen molar-refractivity contribution in [2.45, 2.75) is 32.2 Å². The molecule has 5 nitrogen and oxygen atoms in total. The Bertz CT molecular complexity index is 544. The van der Waals surface area contributed by atoms with Crippen molar-refractivity contribution in [3.05, 3.63) is 29.8 Å². The van der Waals surface area contributed by atoms with E-state index in [4.69, 9.17) is 0 Å². The normalized spacial score (nSPS) is 22.3. The Morgan fingerprint density at radius 2 is 1.81 bits per heavy atom. The monoisotopic (exact) mass is 288 g/mol. The van der Waals surface area contributed by atoms with Gasteiger partial charge in [0.05, 0.1) is 0 Å². The number of rotatable bonds is 2. The number of hydrogen-bond acceptors (Lipinski definition) is 4. The van der Waals surface area contributed by atoms with Crippen LogP contribution in [0.1, 0.15) is 31.2 Å². The number of aromatic hydroxyl groups is 1. The van der Waals surface area contributed by atoms with E-state index < -0.39 is 0 Å². The lowest BCUT2D eigenvalue weighted by Gasteiger charge is -2.43. The molecule has 1 aromatic carbocycles. The number of amides is 2. The van der Waals surface area contributed by atoms with Crippen molar-refractivity contribution < 1.29 is 14.7 Å². The van der Waals surface area contributed by atoms with E-state index in [1.807, 2.05) is 12.1 Å². The minimum absolute atomic E-state index is 0.130. The molecule has 1 aromatic rings. The Labute approximate surface area is 123 Å². The van der Waals surface area contributed by atoms with Crippen LogP contribution in [0.25, 0.3) is 0 Å². The zero-order chi connectivity index (χ0) is 14.9. The van der Waals surface area contributed by atoms with E-state index in [-0.39, 0.29) is 23.0 Å². The predicted molar refractivity (Wildman–Crippen MR) is 77.4 cm³/mol. The van der Waals surface area contributed by atoms with Crippen LogP contribution in [0.2, 0.25) is 0 Å². The van der Waals surface area contributed by atoms with Gasteiger partial charge in [-0.2, -0.15) is 0 Å². The van der Waals surface area contributed by atoms with Crippen LogP contribution >= 0.6 is 0 Å². The number of piperidine rings is 2. The van der Waals surface area contributed by atoms with Crippen molar-refractivity contribution in [3.8, 4) is 5.75 Å². The van der Waals surface area contributed by atoms with Gasteiger partial charge in [0.15, 0.2) is 0 Å². The van der Waals surface area contributed by atoms with E-state index in [1.165, 1.54) is 0 Å². The third-order valence-corrected chi connectivity index (χ3v) is 4.58. The zero-order valence-electron chi connectivity index (χ0n) is 12.0. The van der Waals surface area contributed by atoms with Gasteiger partial charge in [-0.15, -0.1) is 0 Å². The van der Waals surface area contributed by atoms with Crippen LogP contribution in [0.3, 0.4) is 0 Å². The van der Waals surface area contributed by atoms with Gasteiger partial charge in [0.25, 0.3) is 0 Å². The summed E-state index contributed by atoms with van der Waals surface area (Å²) in [6.07, 6.45) is 2.70. The molecule has 1 spiro atoms. The summed E-state index contributed by atoms with van der Waals surface area (Å²) in [5, 5.41) is 11.9. The third kappa shape index (κ3) is 3.24. The van der Waals surface area contributed by atoms with Gasteiger partial charge in [0, 0.05) is 19.4 Å². The average Bonchev–Trinajstić information content (AvgIpc) is 2.40. The molecule has 2 saturated heterocycles. The summed E-state index contributed by atoms with van der Waals surface area (Å²) in [5.41, 5.74) is 0.956. The van der Waals surface area contributed by atoms with Gasteiger partial charge in [-0.25, -0.2) is 0 Å². The first-order valence-electron chi connectivity index (χ1n) is 7.38. The molecule has 2 aliphatic heterocycles. The molecule has 2 amide bonds. The molecule has 21 heavy (non-hydrogen) atoms. The highest BCUT2D eigenvalue weighted by molar-refractivity contribution is 5.98. The van der Waals surface area contributed by atoms with E-state index in [0.29, 0.717) is 12.8 Å². The number of hydrogen-bond donors (Lipinski definition) is 2. The Morgan fingerprint density at radius 1 is 1.14 bits per heavy atom. The molecule has 2 heterocycles. The Balaban J connectivity index is 1.60. The second-order valence-electron chi connectivity index (χ2n) is 6.27. The number of imide groups is 1. The second-order valence-corrected chi connectivity index (χ2v) is 6.27. The molecule has 5 heteroatoms. The molecule has 112 valence electrons. The molecule has 2 fully saturated rings. The first-order chi connectivity index (χ1) is 10.0. The van der Waals surface area contributed by atoms with Crippen LogP contribution in [0.4, 0.5) is 0 Å². The second kappa shape index (κ2) is 5.48. The first kappa shape index (κ1) is 14.1. The standard InChI is InChI=1S/C16H20N2O3/c19-13-3-1-2-12(8-13)11-18-6-4-16(5-7-18)9-14(20)17-15(21)10-16/h1-3,8,19H,4-7,9-11H2,(H,17,20,21). The maximum absolute atomic E-state index is 11.6. The zero-order valence-corrected chi connectivity index (χ0v) is 12.0. The van der Waals surface area contributed by atoms with Crippen molar-refractivity contribution in [1.82, 2.24) is 10.2 Å². The molecule has 0 unspecified atom stereocenters. The van der Waals surface area contributed by atoms with Crippen molar-refractivity contribution in [2.75, 3.05) is 13.1 Å². The molecule has 0 atom stereocenters. The smallest absolute Gasteiger partial charge is 0.227 e. The number of phenolic OH excluding ortho intramolecular Hbond substituents is 1. The largest absolute Gasteiger partial charge is 0.508 e. The highest BCUT2D eigenvalue weighted by Crippen LogP contribution is 2.40. The molecule has 0 bridgehead atoms. The van der Waals surface area contributed by atoms with E-state index in [0.717, 1.165) is 38.0 Å². The topological polar surface area (TPSA) is 69.6 Å². The van der Waals surface area contributed by atoms with Gasteiger partial charge >= 0.3 is 0 Å². The maximum atomic E-state index is 11.6. The molecule has 0 aromatic heterocycles. The number of nitrogens with zero attached hydrogens (tertiary/aromatic N) is 1. The van der Waals surface area contributed by atoms with E-state index in [9.17, 15) is 14.7 Å². The van der Waals surface area contributed by atoms with Crippen LogP contribution in [-0.4, -0.2) is 34.9 Å². The Hall–Kier alpha value is -1.88. The van der Waals surface area contributed by atoms with Gasteiger partial charge in [0.2, 0.25) is 11.8 Å². The van der Waals surface area contributed by atoms with Gasteiger partial charge in [-0.05, 0) is 49.0 Å². The molecule has 0 aliphatic carbocycles. The number of benzene rings is 1. The average molecular weight is 288 g/mol. The molecule has 2 aliphatic rings. The SMILES string of the molecule is O=C1CC2(CCN(Cc3cccc(O)c3)CC2)CC(=O)N1. The van der Waals surface area contributed by atoms with Crippen LogP contribution in [0, 0.1) is 5.41 Å². The Morgan fingerprint density at radius 3 is 2.43 bits per heavy atom. The highest BCUT2D eigenvalue weighted by Gasteiger charge is 2.41. The van der Waals surface area contributed by atoms with Crippen LogP contribution in [0.15, 0.2) is 24.3 Å².